The minimum atomic E-state index is -3.63. The highest BCUT2D eigenvalue weighted by Gasteiger charge is 2.18. The van der Waals surface area contributed by atoms with Crippen molar-refractivity contribution in [3.05, 3.63) is 48.3 Å². The summed E-state index contributed by atoms with van der Waals surface area (Å²) in [6, 6.07) is 8.92. The molecule has 0 atom stereocenters. The first-order valence-electron chi connectivity index (χ1n) is 8.23. The number of nitrogens with zero attached hydrogens (tertiary/aromatic N) is 1. The maximum atomic E-state index is 12.6. The lowest BCUT2D eigenvalue weighted by atomic mass is 10.2. The molecule has 2 aromatic rings. The smallest absolute Gasteiger partial charge is 0.319 e. The van der Waals surface area contributed by atoms with Crippen LogP contribution in [-0.4, -0.2) is 39.1 Å². The van der Waals surface area contributed by atoms with Crippen molar-refractivity contribution in [1.29, 1.82) is 0 Å². The highest BCUT2D eigenvalue weighted by Crippen LogP contribution is 2.21. The van der Waals surface area contributed by atoms with E-state index in [1.165, 1.54) is 24.4 Å². The van der Waals surface area contributed by atoms with Gasteiger partial charge in [0.1, 0.15) is 0 Å². The van der Waals surface area contributed by atoms with Gasteiger partial charge in [0.15, 0.2) is 0 Å². The van der Waals surface area contributed by atoms with Crippen molar-refractivity contribution in [1.82, 2.24) is 21.2 Å². The van der Waals surface area contributed by atoms with Crippen LogP contribution in [-0.2, 0) is 9.84 Å². The number of aryl methyl sites for hydroxylation is 1. The van der Waals surface area contributed by atoms with Gasteiger partial charge in [-0.25, -0.2) is 13.2 Å². The first-order valence-corrected chi connectivity index (χ1v) is 9.72. The molecular weight excluding hydrogens is 354 g/mol. The van der Waals surface area contributed by atoms with Gasteiger partial charge in [-0.3, -0.25) is 15.8 Å². The van der Waals surface area contributed by atoms with Crippen molar-refractivity contribution in [3.63, 3.8) is 0 Å². The standard InChI is InChI=1S/C17H21N5O3S/c1-12-2-5-16(11-18-12)26(24,25)15-6-3-14(4-7-15)22-17(23)19-8-13-9-20-21-10-13/h2-7,11,13,20-21H,8-10H2,1H3,(H2,19,22,23). The molecule has 0 bridgehead atoms. The molecule has 1 aromatic carbocycles. The molecule has 1 aliphatic rings. The van der Waals surface area contributed by atoms with Gasteiger partial charge < -0.3 is 10.6 Å². The first-order chi connectivity index (χ1) is 12.4. The molecule has 2 amide bonds. The van der Waals surface area contributed by atoms with Gasteiger partial charge in [0.25, 0.3) is 0 Å². The Morgan fingerprint density at radius 1 is 1.12 bits per heavy atom. The van der Waals surface area contributed by atoms with E-state index in [4.69, 9.17) is 0 Å². The number of hydrogen-bond acceptors (Lipinski definition) is 6. The van der Waals surface area contributed by atoms with Crippen molar-refractivity contribution in [3.8, 4) is 0 Å². The van der Waals surface area contributed by atoms with Crippen LogP contribution in [0.5, 0.6) is 0 Å². The molecule has 1 saturated heterocycles. The van der Waals surface area contributed by atoms with Crippen LogP contribution in [0.1, 0.15) is 5.69 Å². The highest BCUT2D eigenvalue weighted by molar-refractivity contribution is 7.91. The summed E-state index contributed by atoms with van der Waals surface area (Å²) >= 11 is 0. The third-order valence-electron chi connectivity index (χ3n) is 4.07. The fraction of sp³-hybridized carbons (Fsp3) is 0.294. The Hall–Kier alpha value is -2.49. The number of anilines is 1. The molecule has 1 fully saturated rings. The molecule has 3 rings (SSSR count). The van der Waals surface area contributed by atoms with Gasteiger partial charge >= 0.3 is 6.03 Å². The molecule has 138 valence electrons. The number of carbonyl (C=O) groups is 1. The van der Waals surface area contributed by atoms with Crippen LogP contribution >= 0.6 is 0 Å². The van der Waals surface area contributed by atoms with Crippen LogP contribution in [0.3, 0.4) is 0 Å². The minimum absolute atomic E-state index is 0.139. The van der Waals surface area contributed by atoms with E-state index in [0.29, 0.717) is 18.2 Å². The number of amides is 2. The fourth-order valence-corrected chi connectivity index (χ4v) is 3.73. The average molecular weight is 375 g/mol. The van der Waals surface area contributed by atoms with Crippen molar-refractivity contribution >= 4 is 21.6 Å². The lowest BCUT2D eigenvalue weighted by Crippen LogP contribution is -2.34. The van der Waals surface area contributed by atoms with Crippen LogP contribution in [0, 0.1) is 12.8 Å². The van der Waals surface area contributed by atoms with E-state index in [9.17, 15) is 13.2 Å². The lowest BCUT2D eigenvalue weighted by Gasteiger charge is -2.11. The summed E-state index contributed by atoms with van der Waals surface area (Å²) in [4.78, 5) is 16.2. The maximum absolute atomic E-state index is 12.6. The zero-order valence-corrected chi connectivity index (χ0v) is 15.1. The van der Waals surface area contributed by atoms with Crippen LogP contribution in [0.15, 0.2) is 52.4 Å². The van der Waals surface area contributed by atoms with E-state index in [-0.39, 0.29) is 15.8 Å². The Morgan fingerprint density at radius 3 is 2.38 bits per heavy atom. The molecule has 0 radical (unpaired) electrons. The van der Waals surface area contributed by atoms with E-state index in [2.05, 4.69) is 26.5 Å². The summed E-state index contributed by atoms with van der Waals surface area (Å²) in [6.07, 6.45) is 1.34. The second-order valence-electron chi connectivity index (χ2n) is 6.13. The molecular formula is C17H21N5O3S. The Balaban J connectivity index is 1.62. The number of nitrogens with one attached hydrogen (secondary N) is 4. The first kappa shape index (κ1) is 18.3. The quantitative estimate of drug-likeness (QED) is 0.622. The highest BCUT2D eigenvalue weighted by atomic mass is 32.2. The second-order valence-corrected chi connectivity index (χ2v) is 8.08. The lowest BCUT2D eigenvalue weighted by molar-refractivity contribution is 0.250. The number of benzene rings is 1. The van der Waals surface area contributed by atoms with Crippen molar-refractivity contribution in [2.24, 2.45) is 5.92 Å². The SMILES string of the molecule is Cc1ccc(S(=O)(=O)c2ccc(NC(=O)NCC3CNNC3)cc2)cn1. The summed E-state index contributed by atoms with van der Waals surface area (Å²) in [6.45, 7) is 3.96. The van der Waals surface area contributed by atoms with Crippen LogP contribution in [0.2, 0.25) is 0 Å². The monoisotopic (exact) mass is 375 g/mol. The minimum Gasteiger partial charge on any atom is -0.337 e. The number of hydrazine groups is 1. The molecule has 0 saturated carbocycles. The predicted molar refractivity (Wildman–Crippen MR) is 97.4 cm³/mol. The Labute approximate surface area is 152 Å². The summed E-state index contributed by atoms with van der Waals surface area (Å²) in [5, 5.41) is 5.49. The van der Waals surface area contributed by atoms with Gasteiger partial charge in [-0.2, -0.15) is 0 Å². The van der Waals surface area contributed by atoms with Gasteiger partial charge in [0, 0.05) is 43.1 Å². The maximum Gasteiger partial charge on any atom is 0.319 e. The zero-order chi connectivity index (χ0) is 18.6. The topological polar surface area (TPSA) is 112 Å². The normalized spacial score (nSPS) is 15.0. The van der Waals surface area contributed by atoms with Gasteiger partial charge in [0.2, 0.25) is 9.84 Å². The summed E-state index contributed by atoms with van der Waals surface area (Å²) in [5.41, 5.74) is 7.27. The molecule has 0 spiro atoms. The largest absolute Gasteiger partial charge is 0.337 e. The van der Waals surface area contributed by atoms with Gasteiger partial charge in [-0.05, 0) is 43.3 Å². The molecule has 26 heavy (non-hydrogen) atoms. The third-order valence-corrected chi connectivity index (χ3v) is 5.83. The van der Waals surface area contributed by atoms with E-state index in [1.807, 2.05) is 0 Å². The molecule has 1 aliphatic heterocycles. The number of carbonyl (C=O) groups excluding carboxylic acids is 1. The van der Waals surface area contributed by atoms with Crippen molar-refractivity contribution < 1.29 is 13.2 Å². The number of pyridine rings is 1. The Morgan fingerprint density at radius 2 is 1.77 bits per heavy atom. The summed E-state index contributed by atoms with van der Waals surface area (Å²) in [7, 11) is -3.63. The van der Waals surface area contributed by atoms with Crippen molar-refractivity contribution in [2.45, 2.75) is 16.7 Å². The van der Waals surface area contributed by atoms with E-state index in [0.717, 1.165) is 18.8 Å². The molecule has 8 nitrogen and oxygen atoms in total. The Bertz CT molecular complexity index is 860. The number of aromatic nitrogens is 1. The number of hydrogen-bond donors (Lipinski definition) is 4. The zero-order valence-electron chi connectivity index (χ0n) is 14.3. The van der Waals surface area contributed by atoms with E-state index in [1.54, 1.807) is 25.1 Å². The van der Waals surface area contributed by atoms with E-state index >= 15 is 0 Å². The predicted octanol–water partition coefficient (Wildman–Crippen LogP) is 1.07. The van der Waals surface area contributed by atoms with Gasteiger partial charge in [-0.15, -0.1) is 0 Å². The van der Waals surface area contributed by atoms with Gasteiger partial charge in [0.05, 0.1) is 9.79 Å². The summed E-state index contributed by atoms with van der Waals surface area (Å²) in [5.74, 6) is 0.344. The molecule has 9 heteroatoms. The Kier molecular flexibility index (Phi) is 5.50. The molecule has 4 N–H and O–H groups in total. The van der Waals surface area contributed by atoms with Crippen LogP contribution < -0.4 is 21.5 Å². The molecule has 2 heterocycles. The second kappa shape index (κ2) is 7.81. The average Bonchev–Trinajstić information content (AvgIpc) is 3.14. The van der Waals surface area contributed by atoms with Crippen LogP contribution in [0.4, 0.5) is 10.5 Å². The number of rotatable bonds is 5. The van der Waals surface area contributed by atoms with E-state index < -0.39 is 9.84 Å². The fourth-order valence-electron chi connectivity index (χ4n) is 2.53. The molecule has 1 aromatic heterocycles. The summed E-state index contributed by atoms with van der Waals surface area (Å²) < 4.78 is 25.2. The number of sulfone groups is 1. The molecule has 0 unspecified atom stereocenters. The van der Waals surface area contributed by atoms with Crippen LogP contribution in [0.25, 0.3) is 0 Å². The number of urea groups is 1. The van der Waals surface area contributed by atoms with Gasteiger partial charge in [-0.1, -0.05) is 0 Å². The third kappa shape index (κ3) is 4.37. The molecule has 0 aliphatic carbocycles. The van der Waals surface area contributed by atoms with Crippen molar-refractivity contribution in [2.75, 3.05) is 25.0 Å².